The molecule has 2 aromatic heterocycles. The van der Waals surface area contributed by atoms with Crippen molar-refractivity contribution in [1.29, 1.82) is 0 Å². The Bertz CT molecular complexity index is 618. The summed E-state index contributed by atoms with van der Waals surface area (Å²) in [5.74, 6) is -1.29. The number of nitrogens with zero attached hydrogens (tertiary/aromatic N) is 1. The SMILES string of the molecule is C[C@](O)(CNC(=O)c1ccc([N+](=O)[O-])o1)c1ccsc1. The summed E-state index contributed by atoms with van der Waals surface area (Å²) >= 11 is 1.44. The van der Waals surface area contributed by atoms with Gasteiger partial charge in [0, 0.05) is 0 Å². The highest BCUT2D eigenvalue weighted by Crippen LogP contribution is 2.22. The van der Waals surface area contributed by atoms with Gasteiger partial charge in [-0.3, -0.25) is 14.9 Å². The van der Waals surface area contributed by atoms with Gasteiger partial charge in [0.2, 0.25) is 0 Å². The Morgan fingerprint density at radius 1 is 1.55 bits per heavy atom. The molecule has 0 saturated heterocycles. The van der Waals surface area contributed by atoms with Crippen molar-refractivity contribution in [2.24, 2.45) is 0 Å². The van der Waals surface area contributed by atoms with Crippen LogP contribution in [0.1, 0.15) is 23.0 Å². The number of hydrogen-bond acceptors (Lipinski definition) is 6. The fraction of sp³-hybridized carbons (Fsp3) is 0.250. The van der Waals surface area contributed by atoms with Gasteiger partial charge < -0.3 is 14.8 Å². The number of carbonyl (C=O) groups is 1. The molecule has 8 heteroatoms. The number of rotatable bonds is 5. The molecule has 2 N–H and O–H groups in total. The Morgan fingerprint density at radius 2 is 2.30 bits per heavy atom. The van der Waals surface area contributed by atoms with Crippen LogP contribution in [0.15, 0.2) is 33.4 Å². The molecular weight excluding hydrogens is 284 g/mol. The number of hydrogen-bond donors (Lipinski definition) is 2. The molecule has 0 saturated carbocycles. The van der Waals surface area contributed by atoms with Crippen LogP contribution in [0.4, 0.5) is 5.88 Å². The molecule has 0 fully saturated rings. The third-order valence-corrected chi connectivity index (χ3v) is 3.42. The molecule has 0 bridgehead atoms. The average Bonchev–Trinajstić information content (AvgIpc) is 3.06. The summed E-state index contributed by atoms with van der Waals surface area (Å²) in [6.45, 7) is 1.54. The number of carbonyl (C=O) groups excluding carboxylic acids is 1. The predicted octanol–water partition coefficient (Wildman–Crippen LogP) is 1.89. The van der Waals surface area contributed by atoms with Crippen LogP contribution in [-0.2, 0) is 5.60 Å². The van der Waals surface area contributed by atoms with Gasteiger partial charge in [0.25, 0.3) is 5.91 Å². The summed E-state index contributed by atoms with van der Waals surface area (Å²) in [6, 6.07) is 4.08. The van der Waals surface area contributed by atoms with E-state index in [9.17, 15) is 20.0 Å². The maximum atomic E-state index is 11.8. The van der Waals surface area contributed by atoms with Crippen molar-refractivity contribution in [3.8, 4) is 0 Å². The van der Waals surface area contributed by atoms with Crippen LogP contribution in [0.5, 0.6) is 0 Å². The van der Waals surface area contributed by atoms with Gasteiger partial charge in [-0.25, -0.2) is 0 Å². The highest BCUT2D eigenvalue weighted by molar-refractivity contribution is 7.08. The van der Waals surface area contributed by atoms with Crippen LogP contribution in [0.3, 0.4) is 0 Å². The van der Waals surface area contributed by atoms with Crippen LogP contribution in [0.25, 0.3) is 0 Å². The van der Waals surface area contributed by atoms with E-state index in [0.717, 1.165) is 6.07 Å². The standard InChI is InChI=1S/C12H12N2O5S/c1-12(16,8-4-5-20-6-8)7-13-11(15)9-2-3-10(19-9)14(17)18/h2-6,16H,7H2,1H3,(H,13,15)/t12-/m0/s1. The third-order valence-electron chi connectivity index (χ3n) is 2.73. The molecule has 7 nitrogen and oxygen atoms in total. The summed E-state index contributed by atoms with van der Waals surface area (Å²) in [5, 5.41) is 26.7. The smallest absolute Gasteiger partial charge is 0.395 e. The number of aliphatic hydroxyl groups is 1. The molecule has 2 aromatic rings. The van der Waals surface area contributed by atoms with Gasteiger partial charge in [-0.1, -0.05) is 0 Å². The Labute approximate surface area is 118 Å². The zero-order chi connectivity index (χ0) is 14.8. The Balaban J connectivity index is 1.99. The molecule has 1 atom stereocenters. The van der Waals surface area contributed by atoms with Crippen LogP contribution >= 0.6 is 11.3 Å². The van der Waals surface area contributed by atoms with Gasteiger partial charge in [-0.05, 0) is 35.4 Å². The zero-order valence-corrected chi connectivity index (χ0v) is 11.3. The lowest BCUT2D eigenvalue weighted by Crippen LogP contribution is -2.38. The quantitative estimate of drug-likeness (QED) is 0.647. The molecule has 2 rings (SSSR count). The van der Waals surface area contributed by atoms with E-state index in [4.69, 9.17) is 4.42 Å². The van der Waals surface area contributed by atoms with Crippen molar-refractivity contribution in [2.45, 2.75) is 12.5 Å². The van der Waals surface area contributed by atoms with Crippen LogP contribution in [0, 0.1) is 10.1 Å². The van der Waals surface area contributed by atoms with Gasteiger partial charge in [-0.2, -0.15) is 11.3 Å². The average molecular weight is 296 g/mol. The van der Waals surface area contributed by atoms with E-state index < -0.39 is 22.3 Å². The molecule has 0 aliphatic rings. The predicted molar refractivity (Wildman–Crippen MR) is 71.6 cm³/mol. The number of furan rings is 1. The first-order valence-electron chi connectivity index (χ1n) is 5.67. The highest BCUT2D eigenvalue weighted by Gasteiger charge is 2.25. The Kier molecular flexibility index (Phi) is 3.86. The van der Waals surface area contributed by atoms with E-state index in [1.165, 1.54) is 17.4 Å². The van der Waals surface area contributed by atoms with Gasteiger partial charge in [0.15, 0.2) is 5.76 Å². The maximum Gasteiger partial charge on any atom is 0.433 e. The highest BCUT2D eigenvalue weighted by atomic mass is 32.1. The number of nitrogens with one attached hydrogen (secondary N) is 1. The van der Waals surface area contributed by atoms with Gasteiger partial charge >= 0.3 is 5.88 Å². The van der Waals surface area contributed by atoms with E-state index in [-0.39, 0.29) is 12.3 Å². The molecule has 0 aromatic carbocycles. The number of thiophene rings is 1. The lowest BCUT2D eigenvalue weighted by molar-refractivity contribution is -0.402. The van der Waals surface area contributed by atoms with E-state index in [1.807, 2.05) is 5.38 Å². The largest absolute Gasteiger partial charge is 0.433 e. The van der Waals surface area contributed by atoms with Crippen molar-refractivity contribution >= 4 is 23.1 Å². The zero-order valence-electron chi connectivity index (χ0n) is 10.5. The first kappa shape index (κ1) is 14.2. The van der Waals surface area contributed by atoms with Crippen molar-refractivity contribution in [3.05, 3.63) is 50.4 Å². The molecule has 20 heavy (non-hydrogen) atoms. The van der Waals surface area contributed by atoms with Crippen molar-refractivity contribution in [2.75, 3.05) is 6.54 Å². The fourth-order valence-corrected chi connectivity index (χ4v) is 2.34. The third kappa shape index (κ3) is 3.03. The van der Waals surface area contributed by atoms with Gasteiger partial charge in [0.1, 0.15) is 10.5 Å². The molecular formula is C12H12N2O5S. The molecule has 0 aliphatic heterocycles. The maximum absolute atomic E-state index is 11.8. The molecule has 106 valence electrons. The molecule has 0 spiro atoms. The second kappa shape index (κ2) is 5.43. The minimum Gasteiger partial charge on any atom is -0.395 e. The summed E-state index contributed by atoms with van der Waals surface area (Å²) in [5.41, 5.74) is -0.526. The molecule has 0 unspecified atom stereocenters. The van der Waals surface area contributed by atoms with Crippen molar-refractivity contribution in [1.82, 2.24) is 5.32 Å². The van der Waals surface area contributed by atoms with Crippen LogP contribution in [-0.4, -0.2) is 22.5 Å². The van der Waals surface area contributed by atoms with Gasteiger partial charge in [0.05, 0.1) is 12.6 Å². The molecule has 0 radical (unpaired) electrons. The fourth-order valence-electron chi connectivity index (χ4n) is 1.56. The van der Waals surface area contributed by atoms with E-state index in [0.29, 0.717) is 5.56 Å². The van der Waals surface area contributed by atoms with Crippen molar-refractivity contribution < 1.29 is 19.2 Å². The summed E-state index contributed by atoms with van der Waals surface area (Å²) in [7, 11) is 0. The van der Waals surface area contributed by atoms with E-state index >= 15 is 0 Å². The second-order valence-electron chi connectivity index (χ2n) is 4.36. The van der Waals surface area contributed by atoms with Crippen LogP contribution < -0.4 is 5.32 Å². The number of amides is 1. The monoisotopic (exact) mass is 296 g/mol. The van der Waals surface area contributed by atoms with Crippen LogP contribution in [0.2, 0.25) is 0 Å². The minimum absolute atomic E-state index is 0.0307. The molecule has 0 aliphatic carbocycles. The van der Waals surface area contributed by atoms with Gasteiger partial charge in [-0.15, -0.1) is 0 Å². The van der Waals surface area contributed by atoms with E-state index in [1.54, 1.807) is 18.4 Å². The lowest BCUT2D eigenvalue weighted by atomic mass is 9.99. The summed E-state index contributed by atoms with van der Waals surface area (Å²) < 4.78 is 4.77. The lowest BCUT2D eigenvalue weighted by Gasteiger charge is -2.22. The molecule has 1 amide bonds. The normalized spacial score (nSPS) is 13.7. The summed E-state index contributed by atoms with van der Waals surface area (Å²) in [4.78, 5) is 21.5. The topological polar surface area (TPSA) is 106 Å². The Morgan fingerprint density at radius 3 is 2.85 bits per heavy atom. The first-order valence-corrected chi connectivity index (χ1v) is 6.62. The van der Waals surface area contributed by atoms with Crippen molar-refractivity contribution in [3.63, 3.8) is 0 Å². The van der Waals surface area contributed by atoms with E-state index in [2.05, 4.69) is 5.32 Å². The minimum atomic E-state index is -1.21. The summed E-state index contributed by atoms with van der Waals surface area (Å²) in [6.07, 6.45) is 0. The molecule has 2 heterocycles. The number of nitro groups is 1. The second-order valence-corrected chi connectivity index (χ2v) is 5.14. The first-order chi connectivity index (χ1) is 9.40. The Hall–Kier alpha value is -2.19.